The van der Waals surface area contributed by atoms with Crippen molar-refractivity contribution in [3.8, 4) is 0 Å². The van der Waals surface area contributed by atoms with Crippen LogP contribution in [0.3, 0.4) is 0 Å². The molecule has 2 aliphatic rings. The molecular formula is C13H24N2O2. The maximum atomic E-state index is 11.8. The minimum atomic E-state index is 0.000897. The van der Waals surface area contributed by atoms with Crippen LogP contribution in [0.15, 0.2) is 0 Å². The zero-order chi connectivity index (χ0) is 12.1. The number of carbonyl (C=O) groups is 1. The topological polar surface area (TPSA) is 41.6 Å². The van der Waals surface area contributed by atoms with E-state index in [2.05, 4.69) is 10.2 Å². The van der Waals surface area contributed by atoms with E-state index in [0.717, 1.165) is 39.0 Å². The fourth-order valence-electron chi connectivity index (χ4n) is 2.94. The number of rotatable bonds is 3. The molecule has 4 nitrogen and oxygen atoms in total. The number of hydrogen-bond acceptors (Lipinski definition) is 4. The van der Waals surface area contributed by atoms with Gasteiger partial charge in [-0.25, -0.2) is 0 Å². The lowest BCUT2D eigenvalue weighted by Crippen LogP contribution is -2.50. The van der Waals surface area contributed by atoms with E-state index >= 15 is 0 Å². The molecule has 1 N–H and O–H groups in total. The second kappa shape index (κ2) is 6.36. The van der Waals surface area contributed by atoms with Gasteiger partial charge in [-0.15, -0.1) is 0 Å². The molecule has 2 heterocycles. The SMILES string of the molecule is CCOC(=O)C1CCCN(C2CCCNC2)C1. The number of hydrogen-bond donors (Lipinski definition) is 1. The number of piperidine rings is 2. The van der Waals surface area contributed by atoms with Crippen LogP contribution < -0.4 is 5.32 Å². The number of likely N-dealkylation sites (tertiary alicyclic amines) is 1. The fourth-order valence-corrected chi connectivity index (χ4v) is 2.94. The van der Waals surface area contributed by atoms with Crippen molar-refractivity contribution in [2.75, 3.05) is 32.8 Å². The zero-order valence-corrected chi connectivity index (χ0v) is 10.8. The van der Waals surface area contributed by atoms with Crippen molar-refractivity contribution in [2.24, 2.45) is 5.92 Å². The van der Waals surface area contributed by atoms with Crippen molar-refractivity contribution in [2.45, 2.75) is 38.6 Å². The van der Waals surface area contributed by atoms with Gasteiger partial charge in [-0.3, -0.25) is 9.69 Å². The van der Waals surface area contributed by atoms with Crippen LogP contribution in [0, 0.1) is 5.92 Å². The first-order valence-corrected chi connectivity index (χ1v) is 6.92. The lowest BCUT2D eigenvalue weighted by atomic mass is 9.95. The van der Waals surface area contributed by atoms with Crippen LogP contribution >= 0.6 is 0 Å². The van der Waals surface area contributed by atoms with Crippen LogP contribution in [-0.4, -0.2) is 49.7 Å². The van der Waals surface area contributed by atoms with Gasteiger partial charge in [0.1, 0.15) is 0 Å². The standard InChI is InChI=1S/C13H24N2O2/c1-2-17-13(16)11-5-4-8-15(10-11)12-6-3-7-14-9-12/h11-12,14H,2-10H2,1H3. The number of esters is 1. The Labute approximate surface area is 104 Å². The molecule has 17 heavy (non-hydrogen) atoms. The Kier molecular flexibility index (Phi) is 4.80. The highest BCUT2D eigenvalue weighted by Gasteiger charge is 2.30. The first-order chi connectivity index (χ1) is 8.31. The van der Waals surface area contributed by atoms with Gasteiger partial charge in [0.2, 0.25) is 0 Å². The summed E-state index contributed by atoms with van der Waals surface area (Å²) in [7, 11) is 0. The zero-order valence-electron chi connectivity index (χ0n) is 10.8. The van der Waals surface area contributed by atoms with Crippen molar-refractivity contribution in [3.63, 3.8) is 0 Å². The number of nitrogens with zero attached hydrogens (tertiary/aromatic N) is 1. The molecule has 0 bridgehead atoms. The van der Waals surface area contributed by atoms with E-state index in [1.54, 1.807) is 0 Å². The minimum absolute atomic E-state index is 0.000897. The highest BCUT2D eigenvalue weighted by Crippen LogP contribution is 2.22. The lowest BCUT2D eigenvalue weighted by molar-refractivity contribution is -0.150. The van der Waals surface area contributed by atoms with Gasteiger partial charge in [0.05, 0.1) is 12.5 Å². The quantitative estimate of drug-likeness (QED) is 0.748. The van der Waals surface area contributed by atoms with Gasteiger partial charge < -0.3 is 10.1 Å². The highest BCUT2D eigenvalue weighted by atomic mass is 16.5. The fraction of sp³-hybridized carbons (Fsp3) is 0.923. The summed E-state index contributed by atoms with van der Waals surface area (Å²) in [6.45, 7) is 6.64. The van der Waals surface area contributed by atoms with Crippen molar-refractivity contribution in [3.05, 3.63) is 0 Å². The van der Waals surface area contributed by atoms with Crippen molar-refractivity contribution in [1.29, 1.82) is 0 Å². The second-order valence-corrected chi connectivity index (χ2v) is 5.09. The Morgan fingerprint density at radius 1 is 1.41 bits per heavy atom. The van der Waals surface area contributed by atoms with E-state index in [-0.39, 0.29) is 11.9 Å². The molecule has 2 atom stereocenters. The van der Waals surface area contributed by atoms with Crippen LogP contribution in [0.1, 0.15) is 32.6 Å². The van der Waals surface area contributed by atoms with E-state index < -0.39 is 0 Å². The van der Waals surface area contributed by atoms with Gasteiger partial charge in [-0.1, -0.05) is 0 Å². The summed E-state index contributed by atoms with van der Waals surface area (Å²) in [5.41, 5.74) is 0. The highest BCUT2D eigenvalue weighted by molar-refractivity contribution is 5.72. The first-order valence-electron chi connectivity index (χ1n) is 6.92. The molecule has 0 aliphatic carbocycles. The van der Waals surface area contributed by atoms with Crippen molar-refractivity contribution in [1.82, 2.24) is 10.2 Å². The van der Waals surface area contributed by atoms with Gasteiger partial charge in [-0.05, 0) is 45.7 Å². The van der Waals surface area contributed by atoms with Gasteiger partial charge in [0, 0.05) is 19.1 Å². The van der Waals surface area contributed by atoms with Gasteiger partial charge in [0.25, 0.3) is 0 Å². The molecule has 0 aromatic heterocycles. The Balaban J connectivity index is 1.85. The average Bonchev–Trinajstić information content (AvgIpc) is 2.40. The second-order valence-electron chi connectivity index (χ2n) is 5.09. The molecule has 0 radical (unpaired) electrons. The summed E-state index contributed by atoms with van der Waals surface area (Å²) in [5.74, 6) is 0.103. The van der Waals surface area contributed by atoms with Crippen LogP contribution in [0.2, 0.25) is 0 Å². The first kappa shape index (κ1) is 12.8. The summed E-state index contributed by atoms with van der Waals surface area (Å²) in [5, 5.41) is 3.44. The molecule has 2 fully saturated rings. The van der Waals surface area contributed by atoms with E-state index in [0.29, 0.717) is 12.6 Å². The third-order valence-electron chi connectivity index (χ3n) is 3.86. The molecule has 0 aromatic carbocycles. The van der Waals surface area contributed by atoms with Crippen molar-refractivity contribution >= 4 is 5.97 Å². The molecule has 0 saturated carbocycles. The summed E-state index contributed by atoms with van der Waals surface area (Å²) in [6, 6.07) is 0.626. The molecule has 2 aliphatic heterocycles. The minimum Gasteiger partial charge on any atom is -0.466 e. The van der Waals surface area contributed by atoms with E-state index in [1.165, 1.54) is 12.8 Å². The molecule has 2 saturated heterocycles. The molecule has 0 spiro atoms. The summed E-state index contributed by atoms with van der Waals surface area (Å²) < 4.78 is 5.14. The summed E-state index contributed by atoms with van der Waals surface area (Å²) in [4.78, 5) is 14.2. The molecule has 2 rings (SSSR count). The third kappa shape index (κ3) is 3.42. The summed E-state index contributed by atoms with van der Waals surface area (Å²) >= 11 is 0. The number of ether oxygens (including phenoxy) is 1. The molecule has 0 amide bonds. The summed E-state index contributed by atoms with van der Waals surface area (Å²) in [6.07, 6.45) is 4.64. The van der Waals surface area contributed by atoms with Crippen molar-refractivity contribution < 1.29 is 9.53 Å². The largest absolute Gasteiger partial charge is 0.466 e. The molecule has 98 valence electrons. The predicted octanol–water partition coefficient (Wildman–Crippen LogP) is 1.01. The number of nitrogens with one attached hydrogen (secondary N) is 1. The third-order valence-corrected chi connectivity index (χ3v) is 3.86. The Hall–Kier alpha value is -0.610. The van der Waals surface area contributed by atoms with E-state index in [1.807, 2.05) is 6.92 Å². The maximum Gasteiger partial charge on any atom is 0.310 e. The van der Waals surface area contributed by atoms with Crippen LogP contribution in [0.25, 0.3) is 0 Å². The van der Waals surface area contributed by atoms with Crippen LogP contribution in [0.4, 0.5) is 0 Å². The van der Waals surface area contributed by atoms with Gasteiger partial charge in [0.15, 0.2) is 0 Å². The molecule has 2 unspecified atom stereocenters. The molecular weight excluding hydrogens is 216 g/mol. The predicted molar refractivity (Wildman–Crippen MR) is 66.8 cm³/mol. The Morgan fingerprint density at radius 2 is 2.29 bits per heavy atom. The van der Waals surface area contributed by atoms with E-state index in [4.69, 9.17) is 4.74 Å². The Morgan fingerprint density at radius 3 is 3.00 bits per heavy atom. The van der Waals surface area contributed by atoms with Crippen LogP contribution in [-0.2, 0) is 9.53 Å². The average molecular weight is 240 g/mol. The van der Waals surface area contributed by atoms with Gasteiger partial charge >= 0.3 is 5.97 Å². The van der Waals surface area contributed by atoms with Gasteiger partial charge in [-0.2, -0.15) is 0 Å². The number of carbonyl (C=O) groups excluding carboxylic acids is 1. The smallest absolute Gasteiger partial charge is 0.310 e. The molecule has 4 heteroatoms. The Bertz CT molecular complexity index is 252. The monoisotopic (exact) mass is 240 g/mol. The lowest BCUT2D eigenvalue weighted by Gasteiger charge is -2.39. The van der Waals surface area contributed by atoms with Crippen LogP contribution in [0.5, 0.6) is 0 Å². The normalized spacial score (nSPS) is 31.1. The molecule has 0 aromatic rings. The van der Waals surface area contributed by atoms with E-state index in [9.17, 15) is 4.79 Å². The maximum absolute atomic E-state index is 11.8.